The quantitative estimate of drug-likeness (QED) is 0.344. The Bertz CT molecular complexity index is 94.2. The van der Waals surface area contributed by atoms with Crippen molar-refractivity contribution < 1.29 is 47.9 Å². The normalized spacial score (nSPS) is 16.8. The maximum absolute atomic E-state index is 8.77. The van der Waals surface area contributed by atoms with Gasteiger partial charge in [0.1, 0.15) is 18.3 Å². The van der Waals surface area contributed by atoms with E-state index in [4.69, 9.17) is 25.5 Å². The van der Waals surface area contributed by atoms with Crippen molar-refractivity contribution >= 4 is 37.7 Å². The van der Waals surface area contributed by atoms with Crippen LogP contribution in [0.15, 0.2) is 0 Å². The van der Waals surface area contributed by atoms with Crippen molar-refractivity contribution in [2.45, 2.75) is 18.3 Å². The van der Waals surface area contributed by atoms with Crippen molar-refractivity contribution in [3.8, 4) is 0 Å². The van der Waals surface area contributed by atoms with Crippen molar-refractivity contribution in [2.24, 2.45) is 0 Å². The molecule has 0 bridgehead atoms. The van der Waals surface area contributed by atoms with E-state index in [1.54, 1.807) is 0 Å². The SMILES string of the molecule is OCC(O)C(O)C(O)CO.[Ca+2].[H-].[H-].[Zn]. The first-order valence-corrected chi connectivity index (χ1v) is 2.89. The minimum atomic E-state index is -1.49. The Balaban J connectivity index is -0.0000000675. The van der Waals surface area contributed by atoms with E-state index < -0.39 is 31.5 Å². The van der Waals surface area contributed by atoms with Crippen molar-refractivity contribution in [2.75, 3.05) is 13.2 Å². The molecule has 0 spiro atoms. The fourth-order valence-electron chi connectivity index (χ4n) is 0.472. The Morgan fingerprint density at radius 3 is 1.33 bits per heavy atom. The Morgan fingerprint density at radius 2 is 1.17 bits per heavy atom. The largest absolute Gasteiger partial charge is 2.00 e. The zero-order valence-corrected chi connectivity index (χ0v) is 12.0. The van der Waals surface area contributed by atoms with Gasteiger partial charge >= 0.3 is 37.7 Å². The number of hydrogen-bond acceptors (Lipinski definition) is 5. The maximum atomic E-state index is 8.77. The Hall–Kier alpha value is 1.68. The zero-order chi connectivity index (χ0) is 8.15. The van der Waals surface area contributed by atoms with Crippen LogP contribution in [-0.2, 0) is 19.5 Å². The molecule has 5 nitrogen and oxygen atoms in total. The summed E-state index contributed by atoms with van der Waals surface area (Å²) in [4.78, 5) is 0. The fourth-order valence-corrected chi connectivity index (χ4v) is 0.472. The van der Waals surface area contributed by atoms with E-state index in [-0.39, 0.29) is 60.1 Å². The fraction of sp³-hybridized carbons (Fsp3) is 1.00. The van der Waals surface area contributed by atoms with Gasteiger partial charge in [-0.05, 0) is 0 Å². The molecule has 0 aliphatic carbocycles. The van der Waals surface area contributed by atoms with Crippen LogP contribution in [0.2, 0.25) is 0 Å². The summed E-state index contributed by atoms with van der Waals surface area (Å²) in [6.07, 6.45) is -4.29. The van der Waals surface area contributed by atoms with Crippen LogP contribution in [0.3, 0.4) is 0 Å². The number of rotatable bonds is 4. The summed E-state index contributed by atoms with van der Waals surface area (Å²) in [6, 6.07) is 0. The summed E-state index contributed by atoms with van der Waals surface area (Å²) in [5, 5.41) is 42.6. The van der Waals surface area contributed by atoms with Crippen LogP contribution in [0.5, 0.6) is 0 Å². The van der Waals surface area contributed by atoms with Crippen LogP contribution in [0.4, 0.5) is 0 Å². The van der Waals surface area contributed by atoms with Crippen molar-refractivity contribution in [1.29, 1.82) is 0 Å². The van der Waals surface area contributed by atoms with E-state index in [9.17, 15) is 0 Å². The second kappa shape index (κ2) is 10.8. The molecule has 0 saturated carbocycles. The summed E-state index contributed by atoms with van der Waals surface area (Å²) < 4.78 is 0. The van der Waals surface area contributed by atoms with E-state index in [1.807, 2.05) is 0 Å². The third kappa shape index (κ3) is 7.12. The van der Waals surface area contributed by atoms with Gasteiger partial charge < -0.3 is 28.4 Å². The minimum Gasteiger partial charge on any atom is -1.00 e. The molecule has 0 fully saturated rings. The Labute approximate surface area is 116 Å². The van der Waals surface area contributed by atoms with Gasteiger partial charge in [0.25, 0.3) is 0 Å². The second-order valence-corrected chi connectivity index (χ2v) is 1.99. The topological polar surface area (TPSA) is 101 Å². The molecule has 0 aromatic carbocycles. The average molecular weight is 260 g/mol. The molecule has 68 valence electrons. The first-order chi connectivity index (χ1) is 4.63. The van der Waals surface area contributed by atoms with Crippen molar-refractivity contribution in [3.05, 3.63) is 0 Å². The van der Waals surface area contributed by atoms with Crippen LogP contribution in [0.25, 0.3) is 0 Å². The van der Waals surface area contributed by atoms with Crippen LogP contribution in [0, 0.1) is 0 Å². The van der Waals surface area contributed by atoms with Gasteiger partial charge in [0.05, 0.1) is 13.2 Å². The van der Waals surface area contributed by atoms with Gasteiger partial charge in [0.15, 0.2) is 0 Å². The molecule has 0 aliphatic heterocycles. The zero-order valence-electron chi connectivity index (χ0n) is 8.80. The van der Waals surface area contributed by atoms with Crippen LogP contribution >= 0.6 is 0 Å². The molecule has 0 radical (unpaired) electrons. The summed E-state index contributed by atoms with van der Waals surface area (Å²) in [5.74, 6) is 0. The molecule has 0 rings (SSSR count). The molecule has 7 heteroatoms. The molecule has 0 saturated heterocycles. The predicted molar refractivity (Wildman–Crippen MR) is 40.2 cm³/mol. The maximum Gasteiger partial charge on any atom is 2.00 e. The van der Waals surface area contributed by atoms with Gasteiger partial charge in [-0.3, -0.25) is 0 Å². The minimum absolute atomic E-state index is 0. The monoisotopic (exact) mass is 258 g/mol. The Morgan fingerprint density at radius 1 is 0.917 bits per heavy atom. The number of aliphatic hydroxyl groups excluding tert-OH is 5. The van der Waals surface area contributed by atoms with Crippen LogP contribution in [0.1, 0.15) is 2.85 Å². The number of hydrogen-bond donors (Lipinski definition) is 5. The third-order valence-corrected chi connectivity index (χ3v) is 1.16. The second-order valence-electron chi connectivity index (χ2n) is 1.99. The molecule has 0 aromatic heterocycles. The first-order valence-electron chi connectivity index (χ1n) is 2.89. The summed E-state index contributed by atoms with van der Waals surface area (Å²) >= 11 is 0. The van der Waals surface area contributed by atoms with E-state index in [2.05, 4.69) is 0 Å². The smallest absolute Gasteiger partial charge is 1.00 e. The molecule has 0 aliphatic rings. The van der Waals surface area contributed by atoms with E-state index >= 15 is 0 Å². The molecular formula is C5H14CaO5Zn. The molecular weight excluding hydrogens is 246 g/mol. The molecule has 2 atom stereocenters. The molecule has 0 aromatic rings. The van der Waals surface area contributed by atoms with Crippen LogP contribution < -0.4 is 0 Å². The predicted octanol–water partition coefficient (Wildman–Crippen LogP) is -3.10. The summed E-state index contributed by atoms with van der Waals surface area (Å²) in [5.41, 5.74) is 0. The Kier molecular flexibility index (Phi) is 17.3. The van der Waals surface area contributed by atoms with Crippen LogP contribution in [-0.4, -0.2) is 94.8 Å². The van der Waals surface area contributed by atoms with Gasteiger partial charge in [0.2, 0.25) is 0 Å². The molecule has 0 heterocycles. The van der Waals surface area contributed by atoms with Gasteiger partial charge in [-0.25, -0.2) is 0 Å². The van der Waals surface area contributed by atoms with Crippen molar-refractivity contribution in [1.82, 2.24) is 0 Å². The van der Waals surface area contributed by atoms with Gasteiger partial charge in [0, 0.05) is 19.5 Å². The van der Waals surface area contributed by atoms with E-state index in [0.717, 1.165) is 0 Å². The number of aliphatic hydroxyl groups is 5. The van der Waals surface area contributed by atoms with E-state index in [0.29, 0.717) is 0 Å². The van der Waals surface area contributed by atoms with Gasteiger partial charge in [-0.15, -0.1) is 0 Å². The molecule has 5 N–H and O–H groups in total. The molecule has 0 amide bonds. The summed E-state index contributed by atoms with van der Waals surface area (Å²) in [6.45, 7) is -1.28. The van der Waals surface area contributed by atoms with Crippen molar-refractivity contribution in [3.63, 3.8) is 0 Å². The van der Waals surface area contributed by atoms with Gasteiger partial charge in [-0.2, -0.15) is 0 Å². The first kappa shape index (κ1) is 19.3. The molecule has 2 unspecified atom stereocenters. The van der Waals surface area contributed by atoms with Gasteiger partial charge in [-0.1, -0.05) is 0 Å². The standard InChI is InChI=1S/C5H12O5.Ca.Zn.2H/c6-1-3(8)5(10)4(9)2-7;;;;/h3-10H,1-2H2;;;;/q;+2;;2*-1. The van der Waals surface area contributed by atoms with E-state index in [1.165, 1.54) is 0 Å². The third-order valence-electron chi connectivity index (χ3n) is 1.16. The average Bonchev–Trinajstić information content (AvgIpc) is 2.00. The summed E-state index contributed by atoms with van der Waals surface area (Å²) in [7, 11) is 0. The molecule has 12 heavy (non-hydrogen) atoms.